The first-order chi connectivity index (χ1) is 9.80. The van der Waals surface area contributed by atoms with Crippen LogP contribution in [-0.4, -0.2) is 31.1 Å². The van der Waals surface area contributed by atoms with Crippen molar-refractivity contribution in [3.05, 3.63) is 71.8 Å². The first-order valence-electron chi connectivity index (χ1n) is 7.27. The molecule has 2 aromatic carbocycles. The van der Waals surface area contributed by atoms with E-state index in [0.717, 1.165) is 13.1 Å². The number of rotatable bonds is 2. The highest BCUT2D eigenvalue weighted by molar-refractivity contribution is 5.39. The van der Waals surface area contributed by atoms with E-state index in [1.54, 1.807) is 0 Å². The third-order valence-corrected chi connectivity index (χ3v) is 4.67. The maximum absolute atomic E-state index is 6.25. The highest BCUT2D eigenvalue weighted by atomic mass is 16.6. The molecule has 0 bridgehead atoms. The molecule has 0 N–H and O–H groups in total. The van der Waals surface area contributed by atoms with Gasteiger partial charge in [-0.05, 0) is 18.2 Å². The van der Waals surface area contributed by atoms with E-state index in [1.165, 1.54) is 11.1 Å². The molecule has 4 rings (SSSR count). The highest BCUT2D eigenvalue weighted by Crippen LogP contribution is 2.58. The van der Waals surface area contributed by atoms with Crippen LogP contribution in [0.4, 0.5) is 0 Å². The highest BCUT2D eigenvalue weighted by Gasteiger charge is 2.65. The second kappa shape index (κ2) is 4.44. The van der Waals surface area contributed by atoms with Crippen molar-refractivity contribution in [1.29, 1.82) is 0 Å². The summed E-state index contributed by atoms with van der Waals surface area (Å²) in [6, 6.07) is 21.5. The molecular weight excluding hydrogens is 246 g/mol. The number of fused-ring (bicyclic) bond motifs is 1. The molecule has 2 aliphatic heterocycles. The average Bonchev–Trinajstić information content (AvgIpc) is 3.23. The van der Waals surface area contributed by atoms with Gasteiger partial charge < -0.3 is 9.64 Å². The predicted molar refractivity (Wildman–Crippen MR) is 79.7 cm³/mol. The van der Waals surface area contributed by atoms with E-state index in [2.05, 4.69) is 72.6 Å². The van der Waals surface area contributed by atoms with Crippen molar-refractivity contribution in [3.63, 3.8) is 0 Å². The number of piperidine rings is 1. The lowest BCUT2D eigenvalue weighted by atomic mass is 9.76. The molecule has 0 saturated carbocycles. The number of ether oxygens (including phenoxy) is 1. The molecule has 2 fully saturated rings. The Hall–Kier alpha value is -1.64. The lowest BCUT2D eigenvalue weighted by Gasteiger charge is -2.34. The summed E-state index contributed by atoms with van der Waals surface area (Å²) in [7, 11) is 2.19. The van der Waals surface area contributed by atoms with Crippen molar-refractivity contribution >= 4 is 0 Å². The van der Waals surface area contributed by atoms with E-state index in [4.69, 9.17) is 4.74 Å². The van der Waals surface area contributed by atoms with E-state index < -0.39 is 0 Å². The average molecular weight is 265 g/mol. The summed E-state index contributed by atoms with van der Waals surface area (Å²) in [6.07, 6.45) is 0.328. The molecule has 20 heavy (non-hydrogen) atoms. The van der Waals surface area contributed by atoms with Crippen LogP contribution in [0.25, 0.3) is 0 Å². The van der Waals surface area contributed by atoms with Crippen LogP contribution in [-0.2, 0) is 10.3 Å². The Morgan fingerprint density at radius 1 is 0.950 bits per heavy atom. The van der Waals surface area contributed by atoms with Gasteiger partial charge in [-0.15, -0.1) is 0 Å². The lowest BCUT2D eigenvalue weighted by molar-refractivity contribution is 0.224. The largest absolute Gasteiger partial charge is 0.359 e. The molecule has 2 nitrogen and oxygen atoms in total. The van der Waals surface area contributed by atoms with Gasteiger partial charge in [0.15, 0.2) is 0 Å². The normalized spacial score (nSPS) is 32.6. The zero-order valence-electron chi connectivity index (χ0n) is 11.7. The van der Waals surface area contributed by atoms with Crippen molar-refractivity contribution in [2.45, 2.75) is 17.6 Å². The maximum atomic E-state index is 6.25. The van der Waals surface area contributed by atoms with Gasteiger partial charge in [0.1, 0.15) is 11.7 Å². The smallest absolute Gasteiger partial charge is 0.129 e. The van der Waals surface area contributed by atoms with Crippen molar-refractivity contribution in [1.82, 2.24) is 4.90 Å². The van der Waals surface area contributed by atoms with Crippen LogP contribution in [0.3, 0.4) is 0 Å². The summed E-state index contributed by atoms with van der Waals surface area (Å²) in [6.45, 7) is 2.08. The molecule has 0 aromatic heterocycles. The molecule has 102 valence electrons. The van der Waals surface area contributed by atoms with Crippen molar-refractivity contribution in [3.8, 4) is 0 Å². The molecule has 0 amide bonds. The zero-order chi connectivity index (χ0) is 13.6. The van der Waals surface area contributed by atoms with Crippen LogP contribution >= 0.6 is 0 Å². The fourth-order valence-corrected chi connectivity index (χ4v) is 3.68. The summed E-state index contributed by atoms with van der Waals surface area (Å²) in [5, 5.41) is 0. The Bertz CT molecular complexity index is 597. The number of likely N-dealkylation sites (tertiary alicyclic amines) is 1. The van der Waals surface area contributed by atoms with Gasteiger partial charge >= 0.3 is 0 Å². The zero-order valence-corrected chi connectivity index (χ0v) is 11.7. The Balaban J connectivity index is 1.79. The van der Waals surface area contributed by atoms with Crippen molar-refractivity contribution < 1.29 is 4.74 Å². The quantitative estimate of drug-likeness (QED) is 0.776. The van der Waals surface area contributed by atoms with Gasteiger partial charge in [-0.25, -0.2) is 0 Å². The minimum Gasteiger partial charge on any atom is -0.359 e. The van der Waals surface area contributed by atoms with Gasteiger partial charge in [-0.3, -0.25) is 0 Å². The lowest BCUT2D eigenvalue weighted by Crippen LogP contribution is -2.42. The number of benzene rings is 2. The predicted octanol–water partition coefficient (Wildman–Crippen LogP) is 3.01. The second-order valence-electron chi connectivity index (χ2n) is 5.95. The minimum absolute atomic E-state index is 0.102. The maximum Gasteiger partial charge on any atom is 0.129 e. The first-order valence-corrected chi connectivity index (χ1v) is 7.27. The number of nitrogens with zero attached hydrogens (tertiary/aromatic N) is 1. The van der Waals surface area contributed by atoms with Crippen LogP contribution in [0.5, 0.6) is 0 Å². The van der Waals surface area contributed by atoms with Gasteiger partial charge in [0, 0.05) is 19.0 Å². The Labute approximate surface area is 120 Å². The fourth-order valence-electron chi connectivity index (χ4n) is 3.68. The molecule has 2 aliphatic rings. The topological polar surface area (TPSA) is 15.8 Å². The summed E-state index contributed by atoms with van der Waals surface area (Å²) in [5.74, 6) is 0.412. The third-order valence-electron chi connectivity index (χ3n) is 4.67. The third kappa shape index (κ3) is 1.72. The van der Waals surface area contributed by atoms with Gasteiger partial charge in [0.25, 0.3) is 0 Å². The molecule has 2 heterocycles. The van der Waals surface area contributed by atoms with Crippen molar-refractivity contribution in [2.24, 2.45) is 0 Å². The number of hydrogen-bond acceptors (Lipinski definition) is 2. The first kappa shape index (κ1) is 12.1. The van der Waals surface area contributed by atoms with Gasteiger partial charge in [-0.1, -0.05) is 60.7 Å². The summed E-state index contributed by atoms with van der Waals surface area (Å²) in [5.41, 5.74) is 2.60. The van der Waals surface area contributed by atoms with E-state index >= 15 is 0 Å². The molecule has 3 atom stereocenters. The SMILES string of the molecule is CN1C[C@H](c2ccccc2)[C@@]2(c3ccccc3)O[C@@H]2C1. The fraction of sp³-hybridized carbons (Fsp3) is 0.333. The molecular formula is C18H19NO. The Morgan fingerprint density at radius 2 is 1.60 bits per heavy atom. The van der Waals surface area contributed by atoms with E-state index in [0.29, 0.717) is 12.0 Å². The van der Waals surface area contributed by atoms with Gasteiger partial charge in [-0.2, -0.15) is 0 Å². The van der Waals surface area contributed by atoms with E-state index in [1.807, 2.05) is 0 Å². The number of hydrogen-bond donors (Lipinski definition) is 0. The van der Waals surface area contributed by atoms with Crippen LogP contribution in [0.15, 0.2) is 60.7 Å². The van der Waals surface area contributed by atoms with E-state index in [-0.39, 0.29) is 5.60 Å². The van der Waals surface area contributed by atoms with Gasteiger partial charge in [0.2, 0.25) is 0 Å². The number of epoxide rings is 1. The molecule has 0 radical (unpaired) electrons. The Kier molecular flexibility index (Phi) is 2.69. The van der Waals surface area contributed by atoms with Crippen LogP contribution < -0.4 is 0 Å². The minimum atomic E-state index is -0.102. The molecule has 2 saturated heterocycles. The Morgan fingerprint density at radius 3 is 2.30 bits per heavy atom. The number of likely N-dealkylation sites (N-methyl/N-ethyl adjacent to an activating group) is 1. The summed E-state index contributed by atoms with van der Waals surface area (Å²) >= 11 is 0. The molecule has 0 unspecified atom stereocenters. The van der Waals surface area contributed by atoms with E-state index in [9.17, 15) is 0 Å². The summed E-state index contributed by atoms with van der Waals surface area (Å²) in [4.78, 5) is 2.39. The van der Waals surface area contributed by atoms with Crippen molar-refractivity contribution in [2.75, 3.05) is 20.1 Å². The molecule has 0 aliphatic carbocycles. The van der Waals surface area contributed by atoms with Gasteiger partial charge in [0.05, 0.1) is 0 Å². The van der Waals surface area contributed by atoms with Crippen LogP contribution in [0.2, 0.25) is 0 Å². The molecule has 0 spiro atoms. The monoisotopic (exact) mass is 265 g/mol. The summed E-state index contributed by atoms with van der Waals surface area (Å²) < 4.78 is 6.25. The van der Waals surface area contributed by atoms with Crippen LogP contribution in [0.1, 0.15) is 17.0 Å². The van der Waals surface area contributed by atoms with Crippen LogP contribution in [0, 0.1) is 0 Å². The molecule has 2 heteroatoms. The molecule has 2 aromatic rings. The second-order valence-corrected chi connectivity index (χ2v) is 5.95. The standard InChI is InChI=1S/C18H19NO/c1-19-12-16(14-8-4-2-5-9-14)18(17(13-19)20-18)15-10-6-3-7-11-15/h2-11,16-17H,12-13H2,1H3/t16-,17-,18-/m1/s1.